The summed E-state index contributed by atoms with van der Waals surface area (Å²) < 4.78 is 2.09. The molecule has 1 heterocycles. The second-order valence-electron chi connectivity index (χ2n) is 6.09. The SMILES string of the molecule is Cc1ccc(C(=O)N(Cc2cccn2C)C2CC2)c(C)c1. The summed E-state index contributed by atoms with van der Waals surface area (Å²) in [6.45, 7) is 4.78. The molecule has 0 saturated heterocycles. The molecule has 0 atom stereocenters. The fraction of sp³-hybridized carbons (Fsp3) is 0.389. The maximum atomic E-state index is 12.9. The molecule has 1 saturated carbocycles. The number of rotatable bonds is 4. The Labute approximate surface area is 126 Å². The van der Waals surface area contributed by atoms with Gasteiger partial charge in [-0.25, -0.2) is 0 Å². The Kier molecular flexibility index (Phi) is 3.58. The van der Waals surface area contributed by atoms with E-state index in [4.69, 9.17) is 0 Å². The normalized spacial score (nSPS) is 14.2. The number of carbonyl (C=O) groups excluding carboxylic acids is 1. The van der Waals surface area contributed by atoms with Crippen LogP contribution in [0.5, 0.6) is 0 Å². The molecule has 21 heavy (non-hydrogen) atoms. The first kappa shape index (κ1) is 13.9. The van der Waals surface area contributed by atoms with E-state index in [9.17, 15) is 4.79 Å². The van der Waals surface area contributed by atoms with Crippen molar-refractivity contribution in [3.05, 3.63) is 58.9 Å². The van der Waals surface area contributed by atoms with Gasteiger partial charge in [-0.15, -0.1) is 0 Å². The van der Waals surface area contributed by atoms with Crippen LogP contribution in [0.15, 0.2) is 36.5 Å². The Morgan fingerprint density at radius 3 is 2.62 bits per heavy atom. The van der Waals surface area contributed by atoms with E-state index in [2.05, 4.69) is 23.6 Å². The van der Waals surface area contributed by atoms with E-state index in [1.807, 2.05) is 43.3 Å². The number of carbonyl (C=O) groups is 1. The highest BCUT2D eigenvalue weighted by molar-refractivity contribution is 5.96. The van der Waals surface area contributed by atoms with Crippen molar-refractivity contribution < 1.29 is 4.79 Å². The summed E-state index contributed by atoms with van der Waals surface area (Å²) in [7, 11) is 2.03. The third-order valence-corrected chi connectivity index (χ3v) is 4.24. The van der Waals surface area contributed by atoms with Gasteiger partial charge in [-0.2, -0.15) is 0 Å². The van der Waals surface area contributed by atoms with Gasteiger partial charge in [0.25, 0.3) is 5.91 Å². The quantitative estimate of drug-likeness (QED) is 0.843. The molecule has 2 aromatic rings. The molecule has 3 nitrogen and oxygen atoms in total. The standard InChI is InChI=1S/C18H22N2O/c1-13-6-9-17(14(2)11-13)18(21)20(15-7-8-15)12-16-5-4-10-19(16)3/h4-6,9-11,15H,7-8,12H2,1-3H3. The Bertz CT molecular complexity index is 668. The highest BCUT2D eigenvalue weighted by Crippen LogP contribution is 2.30. The molecule has 1 fully saturated rings. The topological polar surface area (TPSA) is 25.2 Å². The van der Waals surface area contributed by atoms with Crippen LogP contribution < -0.4 is 0 Å². The zero-order valence-electron chi connectivity index (χ0n) is 13.0. The van der Waals surface area contributed by atoms with Crippen molar-refractivity contribution in [1.29, 1.82) is 0 Å². The Hall–Kier alpha value is -2.03. The van der Waals surface area contributed by atoms with E-state index in [-0.39, 0.29) is 5.91 Å². The van der Waals surface area contributed by atoms with Gasteiger partial charge in [0.1, 0.15) is 0 Å². The molecule has 0 spiro atoms. The van der Waals surface area contributed by atoms with Crippen LogP contribution >= 0.6 is 0 Å². The lowest BCUT2D eigenvalue weighted by Crippen LogP contribution is -2.33. The predicted octanol–water partition coefficient (Wildman–Crippen LogP) is 3.45. The maximum absolute atomic E-state index is 12.9. The first-order chi connectivity index (χ1) is 10.1. The van der Waals surface area contributed by atoms with E-state index in [1.165, 1.54) is 11.3 Å². The van der Waals surface area contributed by atoms with E-state index in [1.54, 1.807) is 0 Å². The minimum Gasteiger partial charge on any atom is -0.353 e. The molecule has 1 amide bonds. The van der Waals surface area contributed by atoms with Crippen molar-refractivity contribution in [2.45, 2.75) is 39.3 Å². The van der Waals surface area contributed by atoms with Gasteiger partial charge in [0.05, 0.1) is 6.54 Å². The average molecular weight is 282 g/mol. The largest absolute Gasteiger partial charge is 0.353 e. The lowest BCUT2D eigenvalue weighted by molar-refractivity contribution is 0.0725. The van der Waals surface area contributed by atoms with Gasteiger partial charge >= 0.3 is 0 Å². The van der Waals surface area contributed by atoms with E-state index < -0.39 is 0 Å². The fourth-order valence-electron chi connectivity index (χ4n) is 2.80. The second-order valence-corrected chi connectivity index (χ2v) is 6.09. The predicted molar refractivity (Wildman–Crippen MR) is 84.2 cm³/mol. The summed E-state index contributed by atoms with van der Waals surface area (Å²) in [6.07, 6.45) is 4.28. The highest BCUT2D eigenvalue weighted by atomic mass is 16.2. The van der Waals surface area contributed by atoms with Gasteiger partial charge < -0.3 is 9.47 Å². The number of aromatic nitrogens is 1. The summed E-state index contributed by atoms with van der Waals surface area (Å²) in [6, 6.07) is 10.6. The average Bonchev–Trinajstić information content (AvgIpc) is 3.19. The monoisotopic (exact) mass is 282 g/mol. The number of aryl methyl sites for hydroxylation is 3. The first-order valence-corrected chi connectivity index (χ1v) is 7.54. The fourth-order valence-corrected chi connectivity index (χ4v) is 2.80. The molecule has 110 valence electrons. The van der Waals surface area contributed by atoms with Crippen molar-refractivity contribution in [1.82, 2.24) is 9.47 Å². The van der Waals surface area contributed by atoms with Gasteiger partial charge in [0.2, 0.25) is 0 Å². The molecule has 1 aliphatic carbocycles. The van der Waals surface area contributed by atoms with Gasteiger partial charge in [-0.05, 0) is 50.5 Å². The summed E-state index contributed by atoms with van der Waals surface area (Å²) in [4.78, 5) is 14.9. The van der Waals surface area contributed by atoms with E-state index in [0.717, 1.165) is 24.0 Å². The third-order valence-electron chi connectivity index (χ3n) is 4.24. The van der Waals surface area contributed by atoms with Gasteiger partial charge in [0, 0.05) is 30.5 Å². The molecule has 0 aliphatic heterocycles. The minimum absolute atomic E-state index is 0.163. The zero-order valence-corrected chi connectivity index (χ0v) is 13.0. The summed E-state index contributed by atoms with van der Waals surface area (Å²) in [5, 5.41) is 0. The molecule has 3 heteroatoms. The number of benzene rings is 1. The number of nitrogens with zero attached hydrogens (tertiary/aromatic N) is 2. The molecule has 0 N–H and O–H groups in total. The third kappa shape index (κ3) is 2.87. The van der Waals surface area contributed by atoms with Crippen LogP contribution in [-0.4, -0.2) is 21.4 Å². The second kappa shape index (κ2) is 5.40. The molecule has 3 rings (SSSR count). The Morgan fingerprint density at radius 1 is 1.29 bits per heavy atom. The van der Waals surface area contributed by atoms with Gasteiger partial charge in [-0.1, -0.05) is 17.7 Å². The van der Waals surface area contributed by atoms with Crippen molar-refractivity contribution in [3.8, 4) is 0 Å². The lowest BCUT2D eigenvalue weighted by atomic mass is 10.0. The first-order valence-electron chi connectivity index (χ1n) is 7.54. The molecule has 1 aromatic heterocycles. The molecule has 1 aliphatic rings. The molecular weight excluding hydrogens is 260 g/mol. The van der Waals surface area contributed by atoms with E-state index in [0.29, 0.717) is 12.6 Å². The van der Waals surface area contributed by atoms with Crippen LogP contribution in [0.1, 0.15) is 40.0 Å². The maximum Gasteiger partial charge on any atom is 0.254 e. The summed E-state index contributed by atoms with van der Waals surface area (Å²) in [5.41, 5.74) is 4.28. The van der Waals surface area contributed by atoms with Crippen molar-refractivity contribution >= 4 is 5.91 Å². The number of hydrogen-bond acceptors (Lipinski definition) is 1. The zero-order chi connectivity index (χ0) is 15.0. The minimum atomic E-state index is 0.163. The van der Waals surface area contributed by atoms with Crippen molar-refractivity contribution in [2.24, 2.45) is 7.05 Å². The Balaban J connectivity index is 1.87. The van der Waals surface area contributed by atoms with Crippen LogP contribution in [0.2, 0.25) is 0 Å². The molecular formula is C18H22N2O. The van der Waals surface area contributed by atoms with Crippen LogP contribution in [0.4, 0.5) is 0 Å². The lowest BCUT2D eigenvalue weighted by Gasteiger charge is -2.24. The van der Waals surface area contributed by atoms with Crippen LogP contribution in [0.25, 0.3) is 0 Å². The Morgan fingerprint density at radius 2 is 2.05 bits per heavy atom. The van der Waals surface area contributed by atoms with E-state index >= 15 is 0 Å². The number of hydrogen-bond donors (Lipinski definition) is 0. The molecule has 0 radical (unpaired) electrons. The smallest absolute Gasteiger partial charge is 0.254 e. The van der Waals surface area contributed by atoms with Gasteiger partial charge in [0.15, 0.2) is 0 Å². The van der Waals surface area contributed by atoms with Crippen LogP contribution in [0.3, 0.4) is 0 Å². The summed E-state index contributed by atoms with van der Waals surface area (Å²) in [5.74, 6) is 0.163. The number of amides is 1. The summed E-state index contributed by atoms with van der Waals surface area (Å²) >= 11 is 0. The van der Waals surface area contributed by atoms with Crippen molar-refractivity contribution in [2.75, 3.05) is 0 Å². The van der Waals surface area contributed by atoms with Gasteiger partial charge in [-0.3, -0.25) is 4.79 Å². The van der Waals surface area contributed by atoms with Crippen LogP contribution in [-0.2, 0) is 13.6 Å². The molecule has 1 aromatic carbocycles. The van der Waals surface area contributed by atoms with Crippen molar-refractivity contribution in [3.63, 3.8) is 0 Å². The van der Waals surface area contributed by atoms with Crippen LogP contribution in [0, 0.1) is 13.8 Å². The highest BCUT2D eigenvalue weighted by Gasteiger charge is 2.33. The molecule has 0 bridgehead atoms. The molecule has 0 unspecified atom stereocenters.